The number of allylic oxidation sites excluding steroid dienone is 1. The van der Waals surface area contributed by atoms with Gasteiger partial charge in [-0.05, 0) is 19.3 Å². The van der Waals surface area contributed by atoms with E-state index >= 15 is 0 Å². The Balaban J connectivity index is 3.60. The van der Waals surface area contributed by atoms with E-state index in [0.29, 0.717) is 6.42 Å². The van der Waals surface area contributed by atoms with Crippen LogP contribution in [0, 0.1) is 0 Å². The number of rotatable bonds is 8. The van der Waals surface area contributed by atoms with E-state index in [4.69, 9.17) is 5.53 Å². The van der Waals surface area contributed by atoms with E-state index in [0.717, 1.165) is 25.5 Å². The van der Waals surface area contributed by atoms with Crippen LogP contribution in [0.4, 0.5) is 0 Å². The van der Waals surface area contributed by atoms with Crippen molar-refractivity contribution in [2.75, 3.05) is 0 Å². The van der Waals surface area contributed by atoms with Crippen molar-refractivity contribution in [1.29, 1.82) is 0 Å². The molecule has 76 valence electrons. The lowest BCUT2D eigenvalue weighted by Crippen LogP contribution is -2.08. The number of carbonyl (C=O) groups excluding carboxylic acids is 2. The minimum Gasteiger partial charge on any atom is -0.361 e. The van der Waals surface area contributed by atoms with Crippen LogP contribution >= 0.6 is 0 Å². The highest BCUT2D eigenvalue weighted by atomic mass is 16.1. The standard InChI is InChI=1S/C10H14N2O2/c1-2-3-4-5-6-9(13)7-10(14)8-12-11/h2,8H,1,3-7H2. The average molecular weight is 194 g/mol. The molecule has 0 aliphatic rings. The number of Topliss-reactive ketones (excluding diaryl/α,β-unsaturated/α-hetero) is 2. The fourth-order valence-corrected chi connectivity index (χ4v) is 1.00. The van der Waals surface area contributed by atoms with Gasteiger partial charge in [-0.2, -0.15) is 4.79 Å². The van der Waals surface area contributed by atoms with Crippen LogP contribution in [0.3, 0.4) is 0 Å². The molecule has 0 heterocycles. The second-order valence-corrected chi connectivity index (χ2v) is 2.96. The van der Waals surface area contributed by atoms with Crippen LogP contribution in [0.5, 0.6) is 0 Å². The van der Waals surface area contributed by atoms with Gasteiger partial charge in [0, 0.05) is 6.42 Å². The lowest BCUT2D eigenvalue weighted by Gasteiger charge is -1.95. The Morgan fingerprint density at radius 2 is 2.07 bits per heavy atom. The molecular formula is C10H14N2O2. The highest BCUT2D eigenvalue weighted by molar-refractivity contribution is 6.29. The summed E-state index contributed by atoms with van der Waals surface area (Å²) in [6.45, 7) is 3.57. The minimum atomic E-state index is -0.457. The first-order valence-electron chi connectivity index (χ1n) is 4.53. The summed E-state index contributed by atoms with van der Waals surface area (Å²) >= 11 is 0. The summed E-state index contributed by atoms with van der Waals surface area (Å²) in [5.41, 5.74) is 8.02. The van der Waals surface area contributed by atoms with Gasteiger partial charge in [-0.25, -0.2) is 0 Å². The highest BCUT2D eigenvalue weighted by Crippen LogP contribution is 2.02. The third-order valence-electron chi connectivity index (χ3n) is 1.69. The Hall–Kier alpha value is -1.54. The van der Waals surface area contributed by atoms with E-state index in [1.165, 1.54) is 0 Å². The van der Waals surface area contributed by atoms with Crippen molar-refractivity contribution < 1.29 is 14.4 Å². The van der Waals surface area contributed by atoms with Crippen molar-refractivity contribution in [2.24, 2.45) is 0 Å². The number of carbonyl (C=O) groups is 2. The van der Waals surface area contributed by atoms with Crippen LogP contribution in [0.2, 0.25) is 0 Å². The molecule has 0 aliphatic carbocycles. The molecule has 0 radical (unpaired) electrons. The third-order valence-corrected chi connectivity index (χ3v) is 1.69. The van der Waals surface area contributed by atoms with E-state index in [2.05, 4.69) is 11.4 Å². The monoisotopic (exact) mass is 194 g/mol. The molecule has 4 heteroatoms. The first-order valence-corrected chi connectivity index (χ1v) is 4.53. The second kappa shape index (κ2) is 8.08. The summed E-state index contributed by atoms with van der Waals surface area (Å²) < 4.78 is 0. The summed E-state index contributed by atoms with van der Waals surface area (Å²) in [5.74, 6) is -0.569. The molecule has 0 aromatic rings. The van der Waals surface area contributed by atoms with Crippen LogP contribution in [-0.4, -0.2) is 22.6 Å². The normalized spacial score (nSPS) is 8.86. The van der Waals surface area contributed by atoms with Gasteiger partial charge in [-0.3, -0.25) is 9.59 Å². The van der Waals surface area contributed by atoms with E-state index in [9.17, 15) is 9.59 Å². The molecule has 14 heavy (non-hydrogen) atoms. The quantitative estimate of drug-likeness (QED) is 0.147. The summed E-state index contributed by atoms with van der Waals surface area (Å²) in [5, 5.41) is 0. The molecule has 4 nitrogen and oxygen atoms in total. The Morgan fingerprint density at radius 1 is 1.36 bits per heavy atom. The van der Waals surface area contributed by atoms with Crippen LogP contribution in [-0.2, 0) is 9.59 Å². The molecule has 0 saturated heterocycles. The predicted octanol–water partition coefficient (Wildman–Crippen LogP) is 1.56. The molecule has 0 N–H and O–H groups in total. The average Bonchev–Trinajstić information content (AvgIpc) is 2.13. The van der Waals surface area contributed by atoms with Gasteiger partial charge in [0.15, 0.2) is 0 Å². The highest BCUT2D eigenvalue weighted by Gasteiger charge is 2.09. The van der Waals surface area contributed by atoms with E-state index in [1.54, 1.807) is 6.08 Å². The number of unbranched alkanes of at least 4 members (excludes halogenated alkanes) is 2. The zero-order chi connectivity index (χ0) is 10.8. The fraction of sp³-hybridized carbons (Fsp3) is 0.500. The number of nitrogens with zero attached hydrogens (tertiary/aromatic N) is 2. The summed E-state index contributed by atoms with van der Waals surface area (Å²) in [4.78, 5) is 24.5. The third kappa shape index (κ3) is 7.13. The largest absolute Gasteiger partial charge is 0.361 e. The lowest BCUT2D eigenvalue weighted by molar-refractivity contribution is -0.125. The number of hydrogen-bond donors (Lipinski definition) is 0. The smallest absolute Gasteiger partial charge is 0.323 e. The van der Waals surface area contributed by atoms with Gasteiger partial charge in [-0.15, -0.1) is 6.58 Å². The molecule has 0 rings (SSSR count). The molecule has 0 aliphatic heterocycles. The van der Waals surface area contributed by atoms with Gasteiger partial charge in [0.1, 0.15) is 5.78 Å². The maximum atomic E-state index is 11.1. The van der Waals surface area contributed by atoms with Gasteiger partial charge >= 0.3 is 6.21 Å². The molecule has 0 unspecified atom stereocenters. The molecule has 0 bridgehead atoms. The van der Waals surface area contributed by atoms with E-state index in [1.807, 2.05) is 0 Å². The predicted molar refractivity (Wildman–Crippen MR) is 53.0 cm³/mol. The van der Waals surface area contributed by atoms with Crippen LogP contribution in [0.25, 0.3) is 5.53 Å². The first kappa shape index (κ1) is 12.5. The van der Waals surface area contributed by atoms with Crippen LogP contribution in [0.15, 0.2) is 12.7 Å². The zero-order valence-electron chi connectivity index (χ0n) is 8.11. The second-order valence-electron chi connectivity index (χ2n) is 2.96. The Bertz CT molecular complexity index is 265. The zero-order valence-corrected chi connectivity index (χ0v) is 8.11. The molecule has 0 aromatic heterocycles. The maximum Gasteiger partial charge on any atom is 0.323 e. The molecule has 0 saturated carbocycles. The van der Waals surface area contributed by atoms with Crippen molar-refractivity contribution in [3.8, 4) is 0 Å². The lowest BCUT2D eigenvalue weighted by atomic mass is 10.1. The molecular weight excluding hydrogens is 180 g/mol. The molecule has 0 fully saturated rings. The van der Waals surface area contributed by atoms with Crippen molar-refractivity contribution in [1.82, 2.24) is 0 Å². The maximum absolute atomic E-state index is 11.1. The van der Waals surface area contributed by atoms with Crippen molar-refractivity contribution in [3.63, 3.8) is 0 Å². The number of ketones is 2. The first-order chi connectivity index (χ1) is 6.70. The van der Waals surface area contributed by atoms with Gasteiger partial charge < -0.3 is 5.53 Å². The summed E-state index contributed by atoms with van der Waals surface area (Å²) in [6.07, 6.45) is 5.36. The topological polar surface area (TPSA) is 70.5 Å². The van der Waals surface area contributed by atoms with Crippen molar-refractivity contribution in [2.45, 2.75) is 32.1 Å². The fourth-order valence-electron chi connectivity index (χ4n) is 1.00. The molecule has 0 atom stereocenters. The van der Waals surface area contributed by atoms with Gasteiger partial charge in [0.25, 0.3) is 0 Å². The summed E-state index contributed by atoms with van der Waals surface area (Å²) in [6, 6.07) is 0. The van der Waals surface area contributed by atoms with Crippen LogP contribution < -0.4 is 0 Å². The van der Waals surface area contributed by atoms with E-state index in [-0.39, 0.29) is 12.2 Å². The number of hydrogen-bond acceptors (Lipinski definition) is 2. The Morgan fingerprint density at radius 3 is 2.64 bits per heavy atom. The molecule has 0 spiro atoms. The van der Waals surface area contributed by atoms with Crippen molar-refractivity contribution in [3.05, 3.63) is 18.2 Å². The molecule has 0 aromatic carbocycles. The van der Waals surface area contributed by atoms with Crippen LogP contribution in [0.1, 0.15) is 32.1 Å². The van der Waals surface area contributed by atoms with Gasteiger partial charge in [0.2, 0.25) is 5.78 Å². The Labute approximate surface area is 83.2 Å². The SMILES string of the molecule is C=CCCCCC(=O)CC(=O)C=[N+]=[N-]. The van der Waals surface area contributed by atoms with Gasteiger partial charge in [-0.1, -0.05) is 6.08 Å². The minimum absolute atomic E-state index is 0.112. The van der Waals surface area contributed by atoms with E-state index < -0.39 is 5.78 Å². The Kier molecular flexibility index (Phi) is 7.19. The molecule has 0 amide bonds. The van der Waals surface area contributed by atoms with Crippen molar-refractivity contribution >= 4 is 17.8 Å². The van der Waals surface area contributed by atoms with Gasteiger partial charge in [0.05, 0.1) is 6.42 Å². The summed E-state index contributed by atoms with van der Waals surface area (Å²) in [7, 11) is 0.